The van der Waals surface area contributed by atoms with Gasteiger partial charge in [0.05, 0.1) is 14.2 Å². The molecule has 0 fully saturated rings. The fourth-order valence-corrected chi connectivity index (χ4v) is 2.06. The van der Waals surface area contributed by atoms with Gasteiger partial charge in [0.2, 0.25) is 6.29 Å². The zero-order chi connectivity index (χ0) is 19.6. The molecule has 0 radical (unpaired) electrons. The van der Waals surface area contributed by atoms with Crippen LogP contribution >= 0.6 is 0 Å². The fourth-order valence-electron chi connectivity index (χ4n) is 2.06. The average Bonchev–Trinajstić information content (AvgIpc) is 2.73. The molecule has 2 rings (SSSR count). The van der Waals surface area contributed by atoms with Crippen LogP contribution in [0.25, 0.3) is 0 Å². The minimum atomic E-state index is -1.11. The van der Waals surface area contributed by atoms with Crippen LogP contribution in [0.3, 0.4) is 0 Å². The van der Waals surface area contributed by atoms with E-state index in [1.54, 1.807) is 43.3 Å². The van der Waals surface area contributed by atoms with Crippen LogP contribution in [0.15, 0.2) is 48.5 Å². The van der Waals surface area contributed by atoms with Crippen molar-refractivity contribution in [2.75, 3.05) is 14.2 Å². The third-order valence-electron chi connectivity index (χ3n) is 3.45. The van der Waals surface area contributed by atoms with Crippen molar-refractivity contribution >= 4 is 11.9 Å². The molecule has 0 N–H and O–H groups in total. The van der Waals surface area contributed by atoms with Crippen molar-refractivity contribution in [3.63, 3.8) is 0 Å². The number of carbonyl (C=O) groups is 2. The van der Waals surface area contributed by atoms with Crippen LogP contribution in [0, 0.1) is 0 Å². The molecular weight excluding hydrogens is 356 g/mol. The molecular formula is C19H20O8. The van der Waals surface area contributed by atoms with Crippen molar-refractivity contribution in [3.8, 4) is 11.5 Å². The second-order valence-corrected chi connectivity index (χ2v) is 5.17. The highest BCUT2D eigenvalue weighted by molar-refractivity contribution is 5.92. The Labute approximate surface area is 156 Å². The van der Waals surface area contributed by atoms with Crippen molar-refractivity contribution in [3.05, 3.63) is 59.7 Å². The van der Waals surface area contributed by atoms with Gasteiger partial charge in [-0.3, -0.25) is 9.78 Å². The third kappa shape index (κ3) is 5.44. The number of methoxy groups -OCH3 is 2. The first-order chi connectivity index (χ1) is 13.1. The molecule has 0 bridgehead atoms. The van der Waals surface area contributed by atoms with Gasteiger partial charge in [-0.1, -0.05) is 31.2 Å². The monoisotopic (exact) mass is 376 g/mol. The molecule has 0 aliphatic rings. The summed E-state index contributed by atoms with van der Waals surface area (Å²) in [6, 6.07) is 13.0. The number of hydrogen-bond acceptors (Lipinski definition) is 8. The van der Waals surface area contributed by atoms with E-state index in [2.05, 4.69) is 0 Å². The molecule has 0 aliphatic carbocycles. The fraction of sp³-hybridized carbons (Fsp3) is 0.263. The molecule has 2 aromatic carbocycles. The van der Waals surface area contributed by atoms with Crippen LogP contribution in [0.4, 0.5) is 0 Å². The van der Waals surface area contributed by atoms with Crippen molar-refractivity contribution in [2.24, 2.45) is 0 Å². The van der Waals surface area contributed by atoms with E-state index >= 15 is 0 Å². The summed E-state index contributed by atoms with van der Waals surface area (Å²) < 4.78 is 10.2. The van der Waals surface area contributed by atoms with E-state index in [0.717, 1.165) is 0 Å². The Kier molecular flexibility index (Phi) is 7.60. The first-order valence-corrected chi connectivity index (χ1v) is 8.12. The number of ether oxygens (including phenoxy) is 2. The molecule has 0 unspecified atom stereocenters. The minimum absolute atomic E-state index is 0.181. The van der Waals surface area contributed by atoms with Gasteiger partial charge in [0.15, 0.2) is 0 Å². The molecule has 0 saturated carbocycles. The summed E-state index contributed by atoms with van der Waals surface area (Å²) in [5, 5.41) is 0. The van der Waals surface area contributed by atoms with E-state index in [9.17, 15) is 9.59 Å². The topological polar surface area (TPSA) is 89.5 Å². The first-order valence-electron chi connectivity index (χ1n) is 8.12. The SMILES string of the molecule is CCC(OOC(=O)c1ccccc1OC)OOC(=O)c1ccccc1OC. The van der Waals surface area contributed by atoms with Crippen LogP contribution in [0.1, 0.15) is 34.1 Å². The van der Waals surface area contributed by atoms with Gasteiger partial charge in [-0.05, 0) is 24.3 Å². The van der Waals surface area contributed by atoms with Crippen LogP contribution in [0.2, 0.25) is 0 Å². The largest absolute Gasteiger partial charge is 0.496 e. The standard InChI is InChI=1S/C19H20O8/c1-4-17(24-26-18(20)13-9-5-7-11-15(13)22-2)25-27-19(21)14-10-6-8-12-16(14)23-3/h5-12,17H,4H2,1-3H3. The maximum atomic E-state index is 12.1. The highest BCUT2D eigenvalue weighted by Crippen LogP contribution is 2.20. The Morgan fingerprint density at radius 1 is 0.778 bits per heavy atom. The van der Waals surface area contributed by atoms with Gasteiger partial charge >= 0.3 is 11.9 Å². The molecule has 0 aliphatic heterocycles. The lowest BCUT2D eigenvalue weighted by atomic mass is 10.2. The predicted molar refractivity (Wildman–Crippen MR) is 93.1 cm³/mol. The Hall–Kier alpha value is -3.10. The maximum absolute atomic E-state index is 12.1. The van der Waals surface area contributed by atoms with E-state index in [-0.39, 0.29) is 17.5 Å². The Balaban J connectivity index is 1.90. The second-order valence-electron chi connectivity index (χ2n) is 5.17. The molecule has 8 heteroatoms. The summed E-state index contributed by atoms with van der Waals surface area (Å²) in [5.74, 6) is -0.874. The summed E-state index contributed by atoms with van der Waals surface area (Å²) in [4.78, 5) is 43.5. The van der Waals surface area contributed by atoms with Crippen molar-refractivity contribution in [2.45, 2.75) is 19.6 Å². The first kappa shape index (κ1) is 20.2. The smallest absolute Gasteiger partial charge is 0.376 e. The highest BCUT2D eigenvalue weighted by atomic mass is 17.3. The zero-order valence-corrected chi connectivity index (χ0v) is 15.2. The van der Waals surface area contributed by atoms with E-state index in [1.165, 1.54) is 26.4 Å². The summed E-state index contributed by atoms with van der Waals surface area (Å²) >= 11 is 0. The zero-order valence-electron chi connectivity index (χ0n) is 15.2. The summed E-state index contributed by atoms with van der Waals surface area (Å²) in [6.07, 6.45) is -0.861. The normalized spacial score (nSPS) is 10.4. The van der Waals surface area contributed by atoms with Gasteiger partial charge in [-0.25, -0.2) is 9.59 Å². The predicted octanol–water partition coefficient (Wildman–Crippen LogP) is 3.32. The summed E-state index contributed by atoms with van der Waals surface area (Å²) in [7, 11) is 2.87. The lowest BCUT2D eigenvalue weighted by Crippen LogP contribution is -2.21. The minimum Gasteiger partial charge on any atom is -0.496 e. The third-order valence-corrected chi connectivity index (χ3v) is 3.45. The van der Waals surface area contributed by atoms with Crippen molar-refractivity contribution < 1.29 is 38.6 Å². The van der Waals surface area contributed by atoms with E-state index in [1.807, 2.05) is 0 Å². The number of rotatable bonds is 9. The van der Waals surface area contributed by atoms with Gasteiger partial charge < -0.3 is 9.47 Å². The average molecular weight is 376 g/mol. The van der Waals surface area contributed by atoms with E-state index in [0.29, 0.717) is 11.5 Å². The quantitative estimate of drug-likeness (QED) is 0.374. The molecule has 0 aromatic heterocycles. The lowest BCUT2D eigenvalue weighted by Gasteiger charge is -2.14. The number of hydrogen-bond donors (Lipinski definition) is 0. The van der Waals surface area contributed by atoms with Crippen molar-refractivity contribution in [1.29, 1.82) is 0 Å². The molecule has 144 valence electrons. The number of para-hydroxylation sites is 2. The lowest BCUT2D eigenvalue weighted by molar-refractivity contribution is -0.420. The molecule has 0 atom stereocenters. The van der Waals surface area contributed by atoms with Crippen molar-refractivity contribution in [1.82, 2.24) is 0 Å². The van der Waals surface area contributed by atoms with Gasteiger partial charge in [0, 0.05) is 6.42 Å². The van der Waals surface area contributed by atoms with Crippen LogP contribution in [-0.2, 0) is 19.6 Å². The van der Waals surface area contributed by atoms with Crippen LogP contribution < -0.4 is 9.47 Å². The van der Waals surface area contributed by atoms with Gasteiger partial charge in [-0.15, -0.1) is 9.78 Å². The second kappa shape index (κ2) is 10.1. The van der Waals surface area contributed by atoms with Crippen LogP contribution in [0.5, 0.6) is 11.5 Å². The number of benzene rings is 2. The van der Waals surface area contributed by atoms with Gasteiger partial charge in [0.1, 0.15) is 22.6 Å². The Morgan fingerprint density at radius 3 is 1.56 bits per heavy atom. The summed E-state index contributed by atoms with van der Waals surface area (Å²) in [5.41, 5.74) is 0.363. The Bertz CT molecular complexity index is 710. The molecule has 0 heterocycles. The van der Waals surface area contributed by atoms with Crippen LogP contribution in [-0.4, -0.2) is 32.4 Å². The van der Waals surface area contributed by atoms with Gasteiger partial charge in [-0.2, -0.15) is 0 Å². The van der Waals surface area contributed by atoms with E-state index < -0.39 is 18.2 Å². The van der Waals surface area contributed by atoms with Gasteiger partial charge in [0.25, 0.3) is 0 Å². The molecule has 27 heavy (non-hydrogen) atoms. The maximum Gasteiger partial charge on any atom is 0.376 e. The molecule has 2 aromatic rings. The molecule has 0 spiro atoms. The molecule has 0 saturated heterocycles. The summed E-state index contributed by atoms with van der Waals surface area (Å²) in [6.45, 7) is 1.69. The Morgan fingerprint density at radius 2 is 1.19 bits per heavy atom. The molecule has 0 amide bonds. The molecule has 8 nitrogen and oxygen atoms in total. The highest BCUT2D eigenvalue weighted by Gasteiger charge is 2.21. The number of carbonyl (C=O) groups excluding carboxylic acids is 2. The van der Waals surface area contributed by atoms with E-state index in [4.69, 9.17) is 29.0 Å².